The SMILES string of the molecule is C=C(CC)COc1c(Cl)cc(Cl)cc1CNCC. The van der Waals surface area contributed by atoms with Gasteiger partial charge in [-0.2, -0.15) is 0 Å². The molecule has 1 N–H and O–H groups in total. The molecule has 0 aliphatic carbocycles. The second kappa shape index (κ2) is 7.67. The largest absolute Gasteiger partial charge is 0.487 e. The minimum atomic E-state index is 0.483. The van der Waals surface area contributed by atoms with Crippen LogP contribution in [0.5, 0.6) is 5.75 Å². The van der Waals surface area contributed by atoms with Gasteiger partial charge in [0.05, 0.1) is 5.02 Å². The van der Waals surface area contributed by atoms with Crippen molar-refractivity contribution in [3.8, 4) is 5.75 Å². The number of hydrogen-bond donors (Lipinski definition) is 1. The van der Waals surface area contributed by atoms with E-state index in [0.717, 1.165) is 24.1 Å². The van der Waals surface area contributed by atoms with Gasteiger partial charge in [0, 0.05) is 17.1 Å². The first-order valence-electron chi connectivity index (χ1n) is 6.06. The molecule has 1 aromatic carbocycles. The third-order valence-electron chi connectivity index (χ3n) is 2.57. The lowest BCUT2D eigenvalue weighted by Gasteiger charge is -2.14. The molecule has 0 aliphatic heterocycles. The number of rotatable bonds is 7. The molecule has 18 heavy (non-hydrogen) atoms. The molecule has 0 atom stereocenters. The van der Waals surface area contributed by atoms with E-state index in [-0.39, 0.29) is 0 Å². The van der Waals surface area contributed by atoms with Crippen LogP contribution in [0.4, 0.5) is 0 Å². The van der Waals surface area contributed by atoms with Crippen molar-refractivity contribution < 1.29 is 4.74 Å². The number of nitrogens with one attached hydrogen (secondary N) is 1. The van der Waals surface area contributed by atoms with Gasteiger partial charge in [-0.3, -0.25) is 0 Å². The van der Waals surface area contributed by atoms with E-state index in [4.69, 9.17) is 27.9 Å². The molecule has 2 nitrogen and oxygen atoms in total. The van der Waals surface area contributed by atoms with Gasteiger partial charge in [0.15, 0.2) is 0 Å². The van der Waals surface area contributed by atoms with Crippen LogP contribution < -0.4 is 10.1 Å². The second-order valence-electron chi connectivity index (χ2n) is 4.05. The molecular weight excluding hydrogens is 269 g/mol. The van der Waals surface area contributed by atoms with Gasteiger partial charge in [-0.05, 0) is 30.7 Å². The molecule has 0 radical (unpaired) electrons. The molecule has 1 aromatic rings. The van der Waals surface area contributed by atoms with E-state index < -0.39 is 0 Å². The molecule has 0 amide bonds. The first kappa shape index (κ1) is 15.4. The summed E-state index contributed by atoms with van der Waals surface area (Å²) in [5.74, 6) is 0.691. The molecule has 0 aromatic heterocycles. The van der Waals surface area contributed by atoms with Crippen molar-refractivity contribution in [3.63, 3.8) is 0 Å². The number of ether oxygens (including phenoxy) is 1. The van der Waals surface area contributed by atoms with Crippen LogP contribution in [0.2, 0.25) is 10.0 Å². The molecule has 0 saturated heterocycles. The Kier molecular flexibility index (Phi) is 6.55. The average molecular weight is 288 g/mol. The zero-order valence-electron chi connectivity index (χ0n) is 10.9. The maximum atomic E-state index is 6.17. The second-order valence-corrected chi connectivity index (χ2v) is 4.89. The van der Waals surface area contributed by atoms with Crippen LogP contribution in [-0.4, -0.2) is 13.2 Å². The quantitative estimate of drug-likeness (QED) is 0.748. The van der Waals surface area contributed by atoms with Gasteiger partial charge >= 0.3 is 0 Å². The van der Waals surface area contributed by atoms with Crippen molar-refractivity contribution in [1.29, 1.82) is 0 Å². The third-order valence-corrected chi connectivity index (χ3v) is 3.07. The average Bonchev–Trinajstić information content (AvgIpc) is 2.34. The van der Waals surface area contributed by atoms with E-state index in [1.807, 2.05) is 13.0 Å². The summed E-state index contributed by atoms with van der Waals surface area (Å²) in [6.07, 6.45) is 0.897. The van der Waals surface area contributed by atoms with Crippen molar-refractivity contribution in [1.82, 2.24) is 5.32 Å². The Morgan fingerprint density at radius 3 is 2.67 bits per heavy atom. The standard InChI is InChI=1S/C14H19Cl2NO/c1-4-10(3)9-18-14-11(8-17-5-2)6-12(15)7-13(14)16/h6-7,17H,3-5,8-9H2,1-2H3. The van der Waals surface area contributed by atoms with Crippen LogP contribution in [0.1, 0.15) is 25.8 Å². The zero-order valence-corrected chi connectivity index (χ0v) is 12.4. The molecular formula is C14H19Cl2NO. The summed E-state index contributed by atoms with van der Waals surface area (Å²) in [6, 6.07) is 3.57. The highest BCUT2D eigenvalue weighted by Crippen LogP contribution is 2.32. The number of benzene rings is 1. The summed E-state index contributed by atoms with van der Waals surface area (Å²) in [4.78, 5) is 0. The normalized spacial score (nSPS) is 10.4. The fourth-order valence-corrected chi connectivity index (χ4v) is 2.03. The van der Waals surface area contributed by atoms with E-state index in [2.05, 4.69) is 18.8 Å². The highest BCUT2D eigenvalue weighted by Gasteiger charge is 2.10. The van der Waals surface area contributed by atoms with Crippen LogP contribution in [0.25, 0.3) is 0 Å². The lowest BCUT2D eigenvalue weighted by atomic mass is 10.2. The topological polar surface area (TPSA) is 21.3 Å². The van der Waals surface area contributed by atoms with E-state index in [0.29, 0.717) is 28.9 Å². The molecule has 1 rings (SSSR count). The summed E-state index contributed by atoms with van der Waals surface area (Å²) < 4.78 is 5.74. The van der Waals surface area contributed by atoms with E-state index >= 15 is 0 Å². The highest BCUT2D eigenvalue weighted by atomic mass is 35.5. The molecule has 100 valence electrons. The monoisotopic (exact) mass is 287 g/mol. The van der Waals surface area contributed by atoms with Crippen molar-refractivity contribution in [3.05, 3.63) is 39.9 Å². The third kappa shape index (κ3) is 4.52. The van der Waals surface area contributed by atoms with Crippen LogP contribution in [-0.2, 0) is 6.54 Å². The summed E-state index contributed by atoms with van der Waals surface area (Å²) in [5, 5.41) is 4.40. The Balaban J connectivity index is 2.88. The maximum absolute atomic E-state index is 6.17. The van der Waals surface area contributed by atoms with E-state index in [1.54, 1.807) is 6.07 Å². The molecule has 0 spiro atoms. The van der Waals surface area contributed by atoms with Gasteiger partial charge in [0.2, 0.25) is 0 Å². The smallest absolute Gasteiger partial charge is 0.142 e. The molecule has 4 heteroatoms. The van der Waals surface area contributed by atoms with E-state index in [9.17, 15) is 0 Å². The molecule has 0 heterocycles. The molecule has 0 unspecified atom stereocenters. The number of hydrogen-bond acceptors (Lipinski definition) is 2. The van der Waals surface area contributed by atoms with Gasteiger partial charge in [0.1, 0.15) is 12.4 Å². The van der Waals surface area contributed by atoms with Crippen LogP contribution in [0, 0.1) is 0 Å². The van der Waals surface area contributed by atoms with E-state index in [1.165, 1.54) is 0 Å². The predicted molar refractivity (Wildman–Crippen MR) is 78.8 cm³/mol. The van der Waals surface area contributed by atoms with Gasteiger partial charge in [0.25, 0.3) is 0 Å². The van der Waals surface area contributed by atoms with Crippen LogP contribution in [0.15, 0.2) is 24.3 Å². The molecule has 0 aliphatic rings. The fraction of sp³-hybridized carbons (Fsp3) is 0.429. The Morgan fingerprint density at radius 2 is 2.06 bits per heavy atom. The summed E-state index contributed by atoms with van der Waals surface area (Å²) in [7, 11) is 0. The first-order valence-corrected chi connectivity index (χ1v) is 6.82. The highest BCUT2D eigenvalue weighted by molar-refractivity contribution is 6.35. The minimum Gasteiger partial charge on any atom is -0.487 e. The Labute approximate surface area is 119 Å². The van der Waals surface area contributed by atoms with Crippen molar-refractivity contribution in [2.45, 2.75) is 26.8 Å². The predicted octanol–water partition coefficient (Wildman–Crippen LogP) is 4.45. The fourth-order valence-electron chi connectivity index (χ4n) is 1.44. The summed E-state index contributed by atoms with van der Waals surface area (Å²) in [5.41, 5.74) is 2.01. The van der Waals surface area contributed by atoms with Gasteiger partial charge < -0.3 is 10.1 Å². The molecule has 0 saturated carbocycles. The summed E-state index contributed by atoms with van der Waals surface area (Å²) >= 11 is 12.2. The number of halogens is 2. The summed E-state index contributed by atoms with van der Waals surface area (Å²) in [6.45, 7) is 10.1. The molecule has 0 bridgehead atoms. The molecule has 0 fully saturated rings. The Bertz CT molecular complexity index is 419. The lowest BCUT2D eigenvalue weighted by Crippen LogP contribution is -2.13. The van der Waals surface area contributed by atoms with Gasteiger partial charge in [-0.1, -0.05) is 43.6 Å². The van der Waals surface area contributed by atoms with Crippen molar-refractivity contribution in [2.24, 2.45) is 0 Å². The zero-order chi connectivity index (χ0) is 13.5. The Hall–Kier alpha value is -0.700. The van der Waals surface area contributed by atoms with Crippen LogP contribution >= 0.6 is 23.2 Å². The minimum absolute atomic E-state index is 0.483. The Morgan fingerprint density at radius 1 is 1.33 bits per heavy atom. The maximum Gasteiger partial charge on any atom is 0.142 e. The van der Waals surface area contributed by atoms with Gasteiger partial charge in [-0.25, -0.2) is 0 Å². The first-order chi connectivity index (χ1) is 8.58. The van der Waals surface area contributed by atoms with Crippen molar-refractivity contribution >= 4 is 23.2 Å². The van der Waals surface area contributed by atoms with Gasteiger partial charge in [-0.15, -0.1) is 0 Å². The van der Waals surface area contributed by atoms with Crippen LogP contribution in [0.3, 0.4) is 0 Å². The lowest BCUT2D eigenvalue weighted by molar-refractivity contribution is 0.344. The van der Waals surface area contributed by atoms with Crippen molar-refractivity contribution in [2.75, 3.05) is 13.2 Å².